The van der Waals surface area contributed by atoms with Crippen LogP contribution in [0.15, 0.2) is 6.20 Å². The Hall–Kier alpha value is -1.52. The number of aromatic nitrogens is 2. The van der Waals surface area contributed by atoms with E-state index in [1.807, 2.05) is 10.8 Å². The van der Waals surface area contributed by atoms with Crippen molar-refractivity contribution in [2.24, 2.45) is 5.92 Å². The summed E-state index contributed by atoms with van der Waals surface area (Å²) in [6.07, 6.45) is 10.8. The number of anilines is 1. The van der Waals surface area contributed by atoms with Crippen LogP contribution in [0.5, 0.6) is 0 Å². The van der Waals surface area contributed by atoms with Gasteiger partial charge in [-0.2, -0.15) is 0 Å². The molecule has 1 aliphatic heterocycles. The summed E-state index contributed by atoms with van der Waals surface area (Å²) in [6.45, 7) is 2.67. The third kappa shape index (κ3) is 3.14. The molecule has 1 aromatic heterocycles. The topological polar surface area (TPSA) is 59.0 Å². The molecule has 1 aromatic rings. The summed E-state index contributed by atoms with van der Waals surface area (Å²) < 4.78 is 2.03. The molecule has 20 heavy (non-hydrogen) atoms. The van der Waals surface area contributed by atoms with Crippen LogP contribution in [0, 0.1) is 5.92 Å². The van der Waals surface area contributed by atoms with Crippen molar-refractivity contribution >= 4 is 11.9 Å². The molecule has 1 saturated carbocycles. The first-order valence-corrected chi connectivity index (χ1v) is 7.92. The summed E-state index contributed by atoms with van der Waals surface area (Å²) in [5.74, 6) is 1.60. The van der Waals surface area contributed by atoms with Crippen molar-refractivity contribution in [3.63, 3.8) is 0 Å². The number of carbonyl (C=O) groups excluding carboxylic acids is 1. The first kappa shape index (κ1) is 13.5. The van der Waals surface area contributed by atoms with Gasteiger partial charge in [0, 0.05) is 25.8 Å². The van der Waals surface area contributed by atoms with Gasteiger partial charge in [-0.15, -0.1) is 0 Å². The number of rotatable bonds is 4. The van der Waals surface area contributed by atoms with Crippen molar-refractivity contribution < 1.29 is 4.79 Å². The average molecular weight is 276 g/mol. The van der Waals surface area contributed by atoms with Crippen molar-refractivity contribution in [1.82, 2.24) is 14.9 Å². The average Bonchev–Trinajstić information content (AvgIpc) is 2.92. The maximum Gasteiger partial charge on any atom is 0.271 e. The van der Waals surface area contributed by atoms with Crippen LogP contribution in [0.2, 0.25) is 0 Å². The number of hydrogen-bond donors (Lipinski definition) is 2. The van der Waals surface area contributed by atoms with Crippen LogP contribution in [0.25, 0.3) is 0 Å². The fourth-order valence-corrected chi connectivity index (χ4v) is 3.24. The third-order valence-electron chi connectivity index (χ3n) is 4.43. The lowest BCUT2D eigenvalue weighted by atomic mass is 9.87. The second kappa shape index (κ2) is 6.29. The smallest absolute Gasteiger partial charge is 0.271 e. The summed E-state index contributed by atoms with van der Waals surface area (Å²) in [4.78, 5) is 16.4. The van der Waals surface area contributed by atoms with Crippen molar-refractivity contribution in [2.45, 2.75) is 51.5 Å². The van der Waals surface area contributed by atoms with E-state index in [9.17, 15) is 4.79 Å². The van der Waals surface area contributed by atoms with E-state index < -0.39 is 0 Å². The molecule has 1 fully saturated rings. The van der Waals surface area contributed by atoms with Gasteiger partial charge in [0.05, 0.1) is 0 Å². The summed E-state index contributed by atoms with van der Waals surface area (Å²) in [5, 5.41) is 6.23. The van der Waals surface area contributed by atoms with Gasteiger partial charge in [-0.3, -0.25) is 4.79 Å². The maximum atomic E-state index is 12.1. The molecule has 3 rings (SSSR count). The summed E-state index contributed by atoms with van der Waals surface area (Å²) in [6, 6.07) is 0. The zero-order chi connectivity index (χ0) is 13.8. The number of imidazole rings is 1. The zero-order valence-electron chi connectivity index (χ0n) is 12.0. The molecule has 1 amide bonds. The van der Waals surface area contributed by atoms with Gasteiger partial charge in [0.25, 0.3) is 5.91 Å². The number of aryl methyl sites for hydroxylation is 1. The molecule has 0 spiro atoms. The molecule has 110 valence electrons. The monoisotopic (exact) mass is 276 g/mol. The first-order chi connectivity index (χ1) is 9.83. The van der Waals surface area contributed by atoms with Crippen molar-refractivity contribution in [3.8, 4) is 0 Å². The van der Waals surface area contributed by atoms with E-state index in [1.54, 1.807) is 0 Å². The van der Waals surface area contributed by atoms with E-state index in [4.69, 9.17) is 0 Å². The van der Waals surface area contributed by atoms with Crippen molar-refractivity contribution in [1.29, 1.82) is 0 Å². The van der Waals surface area contributed by atoms with Crippen LogP contribution in [0.1, 0.15) is 55.4 Å². The normalized spacial score (nSPS) is 19.2. The highest BCUT2D eigenvalue weighted by Crippen LogP contribution is 2.25. The molecule has 1 aliphatic carbocycles. The van der Waals surface area contributed by atoms with E-state index in [0.29, 0.717) is 5.69 Å². The van der Waals surface area contributed by atoms with Crippen molar-refractivity contribution in [2.75, 3.05) is 18.4 Å². The molecule has 5 heteroatoms. The summed E-state index contributed by atoms with van der Waals surface area (Å²) >= 11 is 0. The second-order valence-corrected chi connectivity index (χ2v) is 5.97. The molecule has 2 N–H and O–H groups in total. The highest BCUT2D eigenvalue weighted by atomic mass is 16.1. The molecule has 2 heterocycles. The summed E-state index contributed by atoms with van der Waals surface area (Å²) in [7, 11) is 0. The quantitative estimate of drug-likeness (QED) is 0.888. The molecule has 0 bridgehead atoms. The van der Waals surface area contributed by atoms with E-state index in [0.717, 1.165) is 44.3 Å². The van der Waals surface area contributed by atoms with E-state index >= 15 is 0 Å². The first-order valence-electron chi connectivity index (χ1n) is 7.92. The number of amides is 1. The van der Waals surface area contributed by atoms with E-state index in [-0.39, 0.29) is 5.91 Å². The SMILES string of the molecule is O=C(NCCC1CCCCC1)c1cn2c(n1)NCCC2. The number of nitrogens with one attached hydrogen (secondary N) is 2. The molecule has 0 radical (unpaired) electrons. The standard InChI is InChI=1S/C15H24N4O/c20-14(16-9-7-12-5-2-1-3-6-12)13-11-19-10-4-8-17-15(19)18-13/h11-12H,1-10H2,(H,16,20)(H,17,18). The van der Waals surface area contributed by atoms with Gasteiger partial charge >= 0.3 is 0 Å². The van der Waals surface area contributed by atoms with Crippen LogP contribution >= 0.6 is 0 Å². The lowest BCUT2D eigenvalue weighted by molar-refractivity contribution is 0.0946. The van der Waals surface area contributed by atoms with E-state index in [1.165, 1.54) is 32.1 Å². The van der Waals surface area contributed by atoms with Crippen LogP contribution < -0.4 is 10.6 Å². The van der Waals surface area contributed by atoms with Gasteiger partial charge in [0.15, 0.2) is 0 Å². The highest BCUT2D eigenvalue weighted by molar-refractivity contribution is 5.92. The fraction of sp³-hybridized carbons (Fsp3) is 0.733. The van der Waals surface area contributed by atoms with Gasteiger partial charge in [-0.25, -0.2) is 4.98 Å². The van der Waals surface area contributed by atoms with Crippen molar-refractivity contribution in [3.05, 3.63) is 11.9 Å². The van der Waals surface area contributed by atoms with Gasteiger partial charge in [-0.05, 0) is 18.8 Å². The third-order valence-corrected chi connectivity index (χ3v) is 4.43. The number of carbonyl (C=O) groups is 1. The minimum Gasteiger partial charge on any atom is -0.356 e. The number of hydrogen-bond acceptors (Lipinski definition) is 3. The molecule has 0 aromatic carbocycles. The molecular weight excluding hydrogens is 252 g/mol. The minimum absolute atomic E-state index is 0.0375. The molecule has 0 saturated heterocycles. The predicted octanol–water partition coefficient (Wildman–Crippen LogP) is 2.40. The largest absolute Gasteiger partial charge is 0.356 e. The lowest BCUT2D eigenvalue weighted by Crippen LogP contribution is -2.26. The number of nitrogens with zero attached hydrogens (tertiary/aromatic N) is 2. The van der Waals surface area contributed by atoms with Crippen LogP contribution in [0.4, 0.5) is 5.95 Å². The molecule has 0 atom stereocenters. The van der Waals surface area contributed by atoms with Gasteiger partial charge < -0.3 is 15.2 Å². The Bertz CT molecular complexity index is 439. The molecular formula is C15H24N4O. The fourth-order valence-electron chi connectivity index (χ4n) is 3.24. The summed E-state index contributed by atoms with van der Waals surface area (Å²) in [5.41, 5.74) is 0.540. The number of fused-ring (bicyclic) bond motifs is 1. The van der Waals surface area contributed by atoms with Gasteiger partial charge in [-0.1, -0.05) is 32.1 Å². The second-order valence-electron chi connectivity index (χ2n) is 5.97. The minimum atomic E-state index is -0.0375. The molecule has 0 unspecified atom stereocenters. The van der Waals surface area contributed by atoms with E-state index in [2.05, 4.69) is 15.6 Å². The van der Waals surface area contributed by atoms with Crippen LogP contribution in [0.3, 0.4) is 0 Å². The Balaban J connectivity index is 1.47. The zero-order valence-corrected chi connectivity index (χ0v) is 12.0. The van der Waals surface area contributed by atoms with Crippen LogP contribution in [-0.4, -0.2) is 28.5 Å². The molecule has 2 aliphatic rings. The Labute approximate surface area is 120 Å². The predicted molar refractivity (Wildman–Crippen MR) is 78.9 cm³/mol. The highest BCUT2D eigenvalue weighted by Gasteiger charge is 2.17. The van der Waals surface area contributed by atoms with Gasteiger partial charge in [0.1, 0.15) is 5.69 Å². The van der Waals surface area contributed by atoms with Crippen LogP contribution in [-0.2, 0) is 6.54 Å². The Morgan fingerprint density at radius 2 is 2.20 bits per heavy atom. The lowest BCUT2D eigenvalue weighted by Gasteiger charge is -2.21. The molecule has 5 nitrogen and oxygen atoms in total. The Kier molecular flexibility index (Phi) is 4.23. The Morgan fingerprint density at radius 1 is 1.35 bits per heavy atom. The Morgan fingerprint density at radius 3 is 3.00 bits per heavy atom. The van der Waals surface area contributed by atoms with Gasteiger partial charge in [0.2, 0.25) is 5.95 Å². The maximum absolute atomic E-state index is 12.1.